The zero-order chi connectivity index (χ0) is 18.8. The average Bonchev–Trinajstić information content (AvgIpc) is 2.95. The van der Waals surface area contributed by atoms with Crippen LogP contribution < -0.4 is 11.0 Å². The Hall–Kier alpha value is -2.28. The Bertz CT molecular complexity index is 1010. The molecule has 3 rings (SSSR count). The number of anilines is 1. The number of amides is 1. The van der Waals surface area contributed by atoms with Crippen molar-refractivity contribution in [2.75, 3.05) is 12.4 Å². The lowest BCUT2D eigenvalue weighted by atomic mass is 10.2. The highest BCUT2D eigenvalue weighted by atomic mass is 35.5. The first-order valence-corrected chi connectivity index (χ1v) is 8.76. The minimum atomic E-state index is -0.386. The molecule has 1 atom stereocenters. The number of rotatable bonds is 5. The number of halogens is 2. The van der Waals surface area contributed by atoms with E-state index < -0.39 is 0 Å². The third-order valence-electron chi connectivity index (χ3n) is 4.26. The van der Waals surface area contributed by atoms with Crippen LogP contribution in [0, 0.1) is 0 Å². The van der Waals surface area contributed by atoms with E-state index in [1.807, 2.05) is 24.9 Å². The number of imidazole rings is 1. The number of benzene rings is 2. The van der Waals surface area contributed by atoms with Gasteiger partial charge in [0.1, 0.15) is 0 Å². The number of fused-ring (bicyclic) bond motifs is 1. The SMILES string of the molecule is CC(C(=O)Nc1ccc2[nH]c(=O)[nH]c2c1)N(C)Cc1ccc(Cl)cc1Cl. The smallest absolute Gasteiger partial charge is 0.323 e. The van der Waals surface area contributed by atoms with Gasteiger partial charge in [0, 0.05) is 22.3 Å². The highest BCUT2D eigenvalue weighted by molar-refractivity contribution is 6.35. The predicted molar refractivity (Wildman–Crippen MR) is 105 cm³/mol. The number of aromatic amines is 2. The maximum absolute atomic E-state index is 12.5. The van der Waals surface area contributed by atoms with Crippen LogP contribution in [-0.2, 0) is 11.3 Å². The van der Waals surface area contributed by atoms with Gasteiger partial charge >= 0.3 is 5.69 Å². The van der Waals surface area contributed by atoms with E-state index in [2.05, 4.69) is 15.3 Å². The second-order valence-electron chi connectivity index (χ2n) is 6.16. The van der Waals surface area contributed by atoms with E-state index in [-0.39, 0.29) is 17.6 Å². The number of H-pyrrole nitrogens is 2. The molecule has 0 saturated carbocycles. The molecule has 1 amide bonds. The van der Waals surface area contributed by atoms with Crippen molar-refractivity contribution in [3.05, 3.63) is 62.5 Å². The molecule has 1 unspecified atom stereocenters. The minimum absolute atomic E-state index is 0.158. The van der Waals surface area contributed by atoms with Gasteiger partial charge in [-0.1, -0.05) is 29.3 Å². The maximum Gasteiger partial charge on any atom is 0.323 e. The lowest BCUT2D eigenvalue weighted by Gasteiger charge is -2.24. The van der Waals surface area contributed by atoms with E-state index in [9.17, 15) is 9.59 Å². The molecule has 0 saturated heterocycles. The number of hydrogen-bond donors (Lipinski definition) is 3. The third-order valence-corrected chi connectivity index (χ3v) is 4.85. The van der Waals surface area contributed by atoms with Crippen molar-refractivity contribution in [3.63, 3.8) is 0 Å². The van der Waals surface area contributed by atoms with Gasteiger partial charge in [-0.3, -0.25) is 9.69 Å². The number of carbonyl (C=O) groups is 1. The van der Waals surface area contributed by atoms with Crippen LogP contribution in [0.2, 0.25) is 10.0 Å². The Morgan fingerprint density at radius 1 is 1.15 bits per heavy atom. The normalized spacial score (nSPS) is 12.5. The zero-order valence-corrected chi connectivity index (χ0v) is 15.8. The monoisotopic (exact) mass is 392 g/mol. The standard InChI is InChI=1S/C18H18Cl2N4O2/c1-10(24(2)9-11-3-4-12(19)7-14(11)20)17(25)21-13-5-6-15-16(8-13)23-18(26)22-15/h3-8,10H,9H2,1-2H3,(H,21,25)(H2,22,23,26). The average molecular weight is 393 g/mol. The Labute approximate surface area is 160 Å². The predicted octanol–water partition coefficient (Wildman–Crippen LogP) is 3.62. The molecule has 3 N–H and O–H groups in total. The van der Waals surface area contributed by atoms with E-state index in [1.54, 1.807) is 30.3 Å². The molecule has 0 fully saturated rings. The van der Waals surface area contributed by atoms with Crippen LogP contribution in [0.25, 0.3) is 11.0 Å². The summed E-state index contributed by atoms with van der Waals surface area (Å²) in [6.07, 6.45) is 0. The quantitative estimate of drug-likeness (QED) is 0.619. The van der Waals surface area contributed by atoms with Gasteiger partial charge in [-0.25, -0.2) is 4.79 Å². The summed E-state index contributed by atoms with van der Waals surface area (Å²) < 4.78 is 0. The molecule has 0 aliphatic heterocycles. The number of nitrogens with zero attached hydrogens (tertiary/aromatic N) is 1. The number of carbonyl (C=O) groups excluding carboxylic acids is 1. The molecule has 136 valence electrons. The highest BCUT2D eigenvalue weighted by Gasteiger charge is 2.19. The lowest BCUT2D eigenvalue weighted by Crippen LogP contribution is -2.39. The Morgan fingerprint density at radius 2 is 1.88 bits per heavy atom. The fourth-order valence-corrected chi connectivity index (χ4v) is 3.08. The van der Waals surface area contributed by atoms with Crippen LogP contribution >= 0.6 is 23.2 Å². The molecule has 1 aromatic heterocycles. The number of hydrogen-bond acceptors (Lipinski definition) is 3. The Kier molecular flexibility index (Phi) is 5.36. The van der Waals surface area contributed by atoms with Crippen molar-refractivity contribution in [1.29, 1.82) is 0 Å². The first-order valence-electron chi connectivity index (χ1n) is 8.00. The van der Waals surface area contributed by atoms with Crippen LogP contribution in [-0.4, -0.2) is 33.9 Å². The number of nitrogens with one attached hydrogen (secondary N) is 3. The van der Waals surface area contributed by atoms with Crippen molar-refractivity contribution in [3.8, 4) is 0 Å². The molecule has 0 bridgehead atoms. The molecule has 26 heavy (non-hydrogen) atoms. The summed E-state index contributed by atoms with van der Waals surface area (Å²) in [6, 6.07) is 10.1. The van der Waals surface area contributed by atoms with Crippen LogP contribution in [0.4, 0.5) is 5.69 Å². The minimum Gasteiger partial charge on any atom is -0.325 e. The van der Waals surface area contributed by atoms with E-state index in [0.717, 1.165) is 5.56 Å². The van der Waals surface area contributed by atoms with Gasteiger partial charge in [0.2, 0.25) is 5.91 Å². The molecule has 8 heteroatoms. The summed E-state index contributed by atoms with van der Waals surface area (Å²) in [6.45, 7) is 2.32. The molecular formula is C18H18Cl2N4O2. The zero-order valence-electron chi connectivity index (χ0n) is 14.3. The first kappa shape index (κ1) is 18.5. The second kappa shape index (κ2) is 7.53. The summed E-state index contributed by atoms with van der Waals surface area (Å²) in [5.74, 6) is -0.158. The molecule has 3 aromatic rings. The Morgan fingerprint density at radius 3 is 2.62 bits per heavy atom. The topological polar surface area (TPSA) is 81.0 Å². The van der Waals surface area contributed by atoms with Crippen LogP contribution in [0.1, 0.15) is 12.5 Å². The molecule has 0 aliphatic rings. The first-order chi connectivity index (χ1) is 12.3. The van der Waals surface area contributed by atoms with Gasteiger partial charge in [0.25, 0.3) is 0 Å². The summed E-state index contributed by atoms with van der Waals surface area (Å²) in [5, 5.41) is 4.01. The van der Waals surface area contributed by atoms with Crippen LogP contribution in [0.5, 0.6) is 0 Å². The van der Waals surface area contributed by atoms with Gasteiger partial charge in [-0.2, -0.15) is 0 Å². The number of aromatic nitrogens is 2. The summed E-state index contributed by atoms with van der Waals surface area (Å²) in [7, 11) is 1.85. The maximum atomic E-state index is 12.5. The summed E-state index contributed by atoms with van der Waals surface area (Å²) in [4.78, 5) is 31.1. The van der Waals surface area contributed by atoms with Gasteiger partial charge in [0.05, 0.1) is 17.1 Å². The van der Waals surface area contributed by atoms with E-state index in [0.29, 0.717) is 33.3 Å². The van der Waals surface area contributed by atoms with E-state index in [1.165, 1.54) is 0 Å². The van der Waals surface area contributed by atoms with Gasteiger partial charge < -0.3 is 15.3 Å². The van der Waals surface area contributed by atoms with Crippen molar-refractivity contribution in [2.45, 2.75) is 19.5 Å². The summed E-state index contributed by atoms with van der Waals surface area (Å²) in [5.41, 5.74) is 2.56. The molecule has 0 spiro atoms. The van der Waals surface area contributed by atoms with Gasteiger partial charge in [-0.15, -0.1) is 0 Å². The molecule has 0 aliphatic carbocycles. The fourth-order valence-electron chi connectivity index (χ4n) is 2.61. The van der Waals surface area contributed by atoms with Gasteiger partial charge in [-0.05, 0) is 49.9 Å². The lowest BCUT2D eigenvalue weighted by molar-refractivity contribution is -0.120. The highest BCUT2D eigenvalue weighted by Crippen LogP contribution is 2.23. The van der Waals surface area contributed by atoms with Crippen molar-refractivity contribution in [2.24, 2.45) is 0 Å². The summed E-state index contributed by atoms with van der Waals surface area (Å²) >= 11 is 12.1. The molecular weight excluding hydrogens is 375 g/mol. The molecule has 0 radical (unpaired) electrons. The van der Waals surface area contributed by atoms with Crippen LogP contribution in [0.3, 0.4) is 0 Å². The van der Waals surface area contributed by atoms with Crippen molar-refractivity contribution >= 4 is 45.8 Å². The van der Waals surface area contributed by atoms with Crippen molar-refractivity contribution < 1.29 is 4.79 Å². The molecule has 2 aromatic carbocycles. The van der Waals surface area contributed by atoms with Gasteiger partial charge in [0.15, 0.2) is 0 Å². The fraction of sp³-hybridized carbons (Fsp3) is 0.222. The molecule has 6 nitrogen and oxygen atoms in total. The van der Waals surface area contributed by atoms with Crippen molar-refractivity contribution in [1.82, 2.24) is 14.9 Å². The van der Waals surface area contributed by atoms with E-state index in [4.69, 9.17) is 23.2 Å². The Balaban J connectivity index is 1.68. The molecule has 1 heterocycles. The van der Waals surface area contributed by atoms with Crippen LogP contribution in [0.15, 0.2) is 41.2 Å². The third kappa shape index (κ3) is 4.09. The largest absolute Gasteiger partial charge is 0.325 e. The van der Waals surface area contributed by atoms with E-state index >= 15 is 0 Å². The number of likely N-dealkylation sites (N-methyl/N-ethyl adjacent to an activating group) is 1. The second-order valence-corrected chi connectivity index (χ2v) is 7.00.